The molecule has 2 aromatic carbocycles. The average Bonchev–Trinajstić information content (AvgIpc) is 2.70. The number of halogens is 2. The number of aryl methyl sites for hydroxylation is 1. The van der Waals surface area contributed by atoms with Crippen LogP contribution in [-0.2, 0) is 16.6 Å². The lowest BCUT2D eigenvalue weighted by Gasteiger charge is -2.23. The second kappa shape index (κ2) is 5.04. The van der Waals surface area contributed by atoms with E-state index in [1.807, 2.05) is 38.1 Å². The monoisotopic (exact) mass is 319 g/mol. The van der Waals surface area contributed by atoms with Crippen molar-refractivity contribution in [1.82, 2.24) is 0 Å². The lowest BCUT2D eigenvalue weighted by Crippen LogP contribution is -2.33. The van der Waals surface area contributed by atoms with Gasteiger partial charge in [-0.25, -0.2) is 0 Å². The van der Waals surface area contributed by atoms with E-state index in [0.717, 1.165) is 11.1 Å². The summed E-state index contributed by atoms with van der Waals surface area (Å²) in [5, 5.41) is 3.97. The van der Waals surface area contributed by atoms with Gasteiger partial charge in [0.2, 0.25) is 5.91 Å². The maximum absolute atomic E-state index is 12.5. The number of hydrogen-bond donors (Lipinski definition) is 1. The van der Waals surface area contributed by atoms with Crippen molar-refractivity contribution in [2.45, 2.75) is 25.7 Å². The van der Waals surface area contributed by atoms with Crippen molar-refractivity contribution in [1.29, 1.82) is 0 Å². The summed E-state index contributed by atoms with van der Waals surface area (Å²) in [5.41, 5.74) is 3.03. The zero-order valence-corrected chi connectivity index (χ0v) is 13.3. The normalized spacial score (nSPS) is 20.3. The summed E-state index contributed by atoms with van der Waals surface area (Å²) in [5.74, 6) is -0.0620. The molecular weight excluding hydrogens is 305 g/mol. The molecule has 2 nitrogen and oxygen atoms in total. The molecule has 1 atom stereocenters. The smallest absolute Gasteiger partial charge is 0.235 e. The van der Waals surface area contributed by atoms with Crippen LogP contribution >= 0.6 is 23.2 Å². The first kappa shape index (κ1) is 14.4. The summed E-state index contributed by atoms with van der Waals surface area (Å²) in [7, 11) is 0. The SMILES string of the molecule is Cc1ccc(CC2(C)C(=O)Nc3c(Cl)ccc(Cl)c32)cc1. The Morgan fingerprint density at radius 2 is 1.67 bits per heavy atom. The zero-order valence-electron chi connectivity index (χ0n) is 11.8. The largest absolute Gasteiger partial charge is 0.324 e. The number of rotatable bonds is 2. The number of amides is 1. The molecule has 0 radical (unpaired) electrons. The molecule has 1 aliphatic rings. The molecule has 1 heterocycles. The Bertz CT molecular complexity index is 724. The van der Waals surface area contributed by atoms with Crippen molar-refractivity contribution in [3.63, 3.8) is 0 Å². The van der Waals surface area contributed by atoms with Crippen molar-refractivity contribution >= 4 is 34.8 Å². The zero-order chi connectivity index (χ0) is 15.2. The summed E-state index contributed by atoms with van der Waals surface area (Å²) in [4.78, 5) is 12.5. The molecule has 108 valence electrons. The Kier molecular flexibility index (Phi) is 3.46. The second-order valence-corrected chi connectivity index (χ2v) is 6.54. The minimum atomic E-state index is -0.702. The van der Waals surface area contributed by atoms with E-state index in [9.17, 15) is 4.79 Å². The molecule has 0 fully saturated rings. The van der Waals surface area contributed by atoms with Crippen LogP contribution in [0.5, 0.6) is 0 Å². The highest BCUT2D eigenvalue weighted by atomic mass is 35.5. The minimum absolute atomic E-state index is 0.0620. The lowest BCUT2D eigenvalue weighted by molar-refractivity contribution is -0.120. The molecule has 0 saturated heterocycles. The van der Waals surface area contributed by atoms with Crippen LogP contribution in [0.3, 0.4) is 0 Å². The summed E-state index contributed by atoms with van der Waals surface area (Å²) < 4.78 is 0. The molecule has 1 N–H and O–H groups in total. The van der Waals surface area contributed by atoms with Crippen LogP contribution in [0.25, 0.3) is 0 Å². The summed E-state index contributed by atoms with van der Waals surface area (Å²) in [6, 6.07) is 11.6. The fraction of sp³-hybridized carbons (Fsp3) is 0.235. The van der Waals surface area contributed by atoms with Crippen LogP contribution in [0, 0.1) is 6.92 Å². The Labute approximate surface area is 134 Å². The van der Waals surface area contributed by atoms with E-state index in [0.29, 0.717) is 22.2 Å². The molecule has 1 unspecified atom stereocenters. The fourth-order valence-electron chi connectivity index (χ4n) is 2.86. The predicted molar refractivity (Wildman–Crippen MR) is 87.3 cm³/mol. The van der Waals surface area contributed by atoms with Crippen molar-refractivity contribution in [2.24, 2.45) is 0 Å². The first-order chi connectivity index (χ1) is 9.91. The summed E-state index contributed by atoms with van der Waals surface area (Å²) in [6.07, 6.45) is 0.589. The molecule has 1 amide bonds. The topological polar surface area (TPSA) is 29.1 Å². The number of benzene rings is 2. The van der Waals surface area contributed by atoms with Gasteiger partial charge < -0.3 is 5.32 Å². The van der Waals surface area contributed by atoms with Gasteiger partial charge in [0.25, 0.3) is 0 Å². The molecule has 0 aromatic heterocycles. The van der Waals surface area contributed by atoms with Crippen LogP contribution in [0.2, 0.25) is 10.0 Å². The highest BCUT2D eigenvalue weighted by Gasteiger charge is 2.45. The first-order valence-corrected chi connectivity index (χ1v) is 7.53. The minimum Gasteiger partial charge on any atom is -0.324 e. The van der Waals surface area contributed by atoms with Crippen molar-refractivity contribution < 1.29 is 4.79 Å². The number of anilines is 1. The fourth-order valence-corrected chi connectivity index (χ4v) is 3.43. The highest BCUT2D eigenvalue weighted by molar-refractivity contribution is 6.38. The van der Waals surface area contributed by atoms with Crippen LogP contribution in [0.15, 0.2) is 36.4 Å². The van der Waals surface area contributed by atoms with E-state index in [1.54, 1.807) is 12.1 Å². The van der Waals surface area contributed by atoms with Gasteiger partial charge in [0.05, 0.1) is 16.1 Å². The van der Waals surface area contributed by atoms with Crippen molar-refractivity contribution in [3.05, 3.63) is 63.1 Å². The van der Waals surface area contributed by atoms with E-state index < -0.39 is 5.41 Å². The van der Waals surface area contributed by atoms with Gasteiger partial charge in [-0.15, -0.1) is 0 Å². The van der Waals surface area contributed by atoms with Gasteiger partial charge in [-0.3, -0.25) is 4.79 Å². The van der Waals surface area contributed by atoms with Gasteiger partial charge in [0, 0.05) is 10.6 Å². The molecule has 1 aliphatic heterocycles. The Morgan fingerprint density at radius 1 is 1.05 bits per heavy atom. The van der Waals surface area contributed by atoms with Crippen molar-refractivity contribution in [2.75, 3.05) is 5.32 Å². The van der Waals surface area contributed by atoms with Gasteiger partial charge >= 0.3 is 0 Å². The Balaban J connectivity index is 2.08. The van der Waals surface area contributed by atoms with Gasteiger partial charge in [0.15, 0.2) is 0 Å². The molecule has 21 heavy (non-hydrogen) atoms. The third kappa shape index (κ3) is 2.33. The molecule has 0 saturated carbocycles. The predicted octanol–water partition coefficient (Wildman–Crippen LogP) is 4.75. The van der Waals surface area contributed by atoms with E-state index in [2.05, 4.69) is 5.32 Å². The van der Waals surface area contributed by atoms with E-state index in [-0.39, 0.29) is 5.91 Å². The Morgan fingerprint density at radius 3 is 2.33 bits per heavy atom. The van der Waals surface area contributed by atoms with Crippen molar-refractivity contribution in [3.8, 4) is 0 Å². The molecule has 2 aromatic rings. The van der Waals surface area contributed by atoms with E-state index >= 15 is 0 Å². The average molecular weight is 320 g/mol. The van der Waals surface area contributed by atoms with Crippen LogP contribution < -0.4 is 5.32 Å². The number of nitrogens with one attached hydrogen (secondary N) is 1. The summed E-state index contributed by atoms with van der Waals surface area (Å²) in [6.45, 7) is 3.95. The number of fused-ring (bicyclic) bond motifs is 1. The quantitative estimate of drug-likeness (QED) is 0.850. The van der Waals surface area contributed by atoms with E-state index in [1.165, 1.54) is 5.56 Å². The number of carbonyl (C=O) groups excluding carboxylic acids is 1. The van der Waals surface area contributed by atoms with E-state index in [4.69, 9.17) is 23.2 Å². The lowest BCUT2D eigenvalue weighted by atomic mass is 9.78. The third-order valence-electron chi connectivity index (χ3n) is 4.07. The molecule has 0 spiro atoms. The number of hydrogen-bond acceptors (Lipinski definition) is 1. The molecular formula is C17H15Cl2NO. The first-order valence-electron chi connectivity index (χ1n) is 6.77. The molecule has 0 aliphatic carbocycles. The van der Waals surface area contributed by atoms with Gasteiger partial charge in [-0.2, -0.15) is 0 Å². The third-order valence-corrected chi connectivity index (χ3v) is 4.70. The molecule has 4 heteroatoms. The number of carbonyl (C=O) groups is 1. The van der Waals surface area contributed by atoms with Crippen LogP contribution in [-0.4, -0.2) is 5.91 Å². The molecule has 3 rings (SSSR count). The van der Waals surface area contributed by atoms with Gasteiger partial charge in [-0.05, 0) is 38.0 Å². The highest BCUT2D eigenvalue weighted by Crippen LogP contribution is 2.47. The van der Waals surface area contributed by atoms with Crippen LogP contribution in [0.4, 0.5) is 5.69 Å². The van der Waals surface area contributed by atoms with Gasteiger partial charge in [-0.1, -0.05) is 53.0 Å². The summed E-state index contributed by atoms with van der Waals surface area (Å²) >= 11 is 12.5. The van der Waals surface area contributed by atoms with Gasteiger partial charge in [0.1, 0.15) is 0 Å². The Hall–Kier alpha value is -1.51. The second-order valence-electron chi connectivity index (χ2n) is 5.73. The maximum atomic E-state index is 12.5. The maximum Gasteiger partial charge on any atom is 0.235 e. The standard InChI is InChI=1S/C17H15Cl2NO/c1-10-3-5-11(6-4-10)9-17(2)14-12(18)7-8-13(19)15(14)20-16(17)21/h3-8H,9H2,1-2H3,(H,20,21). The molecule has 0 bridgehead atoms. The van der Waals surface area contributed by atoms with Crippen LogP contribution in [0.1, 0.15) is 23.6 Å².